The van der Waals surface area contributed by atoms with Gasteiger partial charge in [0.15, 0.2) is 0 Å². The zero-order chi connectivity index (χ0) is 9.97. The lowest BCUT2D eigenvalue weighted by atomic mass is 9.73. The summed E-state index contributed by atoms with van der Waals surface area (Å²) in [5.41, 5.74) is 7.24. The van der Waals surface area contributed by atoms with Gasteiger partial charge in [-0.05, 0) is 48.9 Å². The molecule has 0 aliphatic heterocycles. The summed E-state index contributed by atoms with van der Waals surface area (Å²) in [7, 11) is 0. The Morgan fingerprint density at radius 3 is 2.36 bits per heavy atom. The van der Waals surface area contributed by atoms with E-state index >= 15 is 0 Å². The van der Waals surface area contributed by atoms with Crippen molar-refractivity contribution in [3.63, 3.8) is 0 Å². The molecular weight excluding hydrogens is 238 g/mol. The van der Waals surface area contributed by atoms with Crippen LogP contribution in [-0.4, -0.2) is 6.54 Å². The van der Waals surface area contributed by atoms with Crippen LogP contribution in [0.5, 0.6) is 0 Å². The molecule has 1 aliphatic carbocycles. The molecule has 0 unspecified atom stereocenters. The Morgan fingerprint density at radius 1 is 1.29 bits per heavy atom. The fourth-order valence-electron chi connectivity index (χ4n) is 2.15. The molecule has 2 heteroatoms. The van der Waals surface area contributed by atoms with Gasteiger partial charge in [0.1, 0.15) is 0 Å². The molecule has 1 fully saturated rings. The maximum atomic E-state index is 5.84. The van der Waals surface area contributed by atoms with Gasteiger partial charge < -0.3 is 5.73 Å². The maximum absolute atomic E-state index is 5.84. The summed E-state index contributed by atoms with van der Waals surface area (Å²) in [6, 6.07) is 8.60. The van der Waals surface area contributed by atoms with Gasteiger partial charge in [0.2, 0.25) is 0 Å². The Labute approximate surface area is 93.8 Å². The highest BCUT2D eigenvalue weighted by Gasteiger charge is 2.27. The molecule has 1 aliphatic rings. The van der Waals surface area contributed by atoms with Crippen molar-refractivity contribution in [1.29, 1.82) is 0 Å². The SMILES string of the molecule is NC[C@@H](c1ccc(Br)cc1)C1CCC1. The smallest absolute Gasteiger partial charge is 0.0175 e. The van der Waals surface area contributed by atoms with Gasteiger partial charge in [-0.2, -0.15) is 0 Å². The molecule has 1 saturated carbocycles. The zero-order valence-electron chi connectivity index (χ0n) is 8.25. The first-order valence-electron chi connectivity index (χ1n) is 5.27. The van der Waals surface area contributed by atoms with Crippen LogP contribution < -0.4 is 5.73 Å². The molecule has 0 radical (unpaired) electrons. The number of rotatable bonds is 3. The van der Waals surface area contributed by atoms with E-state index in [1.807, 2.05) is 0 Å². The van der Waals surface area contributed by atoms with Crippen LogP contribution in [0.3, 0.4) is 0 Å². The molecule has 2 rings (SSSR count). The molecule has 1 aromatic carbocycles. The molecule has 76 valence electrons. The normalized spacial score (nSPS) is 19.0. The Kier molecular flexibility index (Phi) is 3.24. The van der Waals surface area contributed by atoms with Gasteiger partial charge in [-0.1, -0.05) is 34.5 Å². The Balaban J connectivity index is 2.14. The summed E-state index contributed by atoms with van der Waals surface area (Å²) in [5, 5.41) is 0. The summed E-state index contributed by atoms with van der Waals surface area (Å²) in [5.74, 6) is 1.41. The highest BCUT2D eigenvalue weighted by Crippen LogP contribution is 2.38. The van der Waals surface area contributed by atoms with Gasteiger partial charge in [-0.3, -0.25) is 0 Å². The lowest BCUT2D eigenvalue weighted by Gasteiger charge is -2.33. The van der Waals surface area contributed by atoms with E-state index in [0.717, 1.165) is 16.9 Å². The van der Waals surface area contributed by atoms with Crippen LogP contribution in [0.25, 0.3) is 0 Å². The van der Waals surface area contributed by atoms with Crippen molar-refractivity contribution in [3.8, 4) is 0 Å². The highest BCUT2D eigenvalue weighted by atomic mass is 79.9. The Hall–Kier alpha value is -0.340. The van der Waals surface area contributed by atoms with Gasteiger partial charge in [0.25, 0.3) is 0 Å². The van der Waals surface area contributed by atoms with Crippen molar-refractivity contribution in [2.24, 2.45) is 11.7 Å². The summed E-state index contributed by atoms with van der Waals surface area (Å²) < 4.78 is 1.14. The van der Waals surface area contributed by atoms with Crippen molar-refractivity contribution in [3.05, 3.63) is 34.3 Å². The van der Waals surface area contributed by atoms with Crippen LogP contribution in [0.4, 0.5) is 0 Å². The van der Waals surface area contributed by atoms with Crippen LogP contribution in [0.15, 0.2) is 28.7 Å². The van der Waals surface area contributed by atoms with E-state index in [1.165, 1.54) is 24.8 Å². The van der Waals surface area contributed by atoms with E-state index in [1.54, 1.807) is 0 Å². The third-order valence-electron chi connectivity index (χ3n) is 3.27. The number of halogens is 1. The van der Waals surface area contributed by atoms with Gasteiger partial charge in [-0.25, -0.2) is 0 Å². The fourth-order valence-corrected chi connectivity index (χ4v) is 2.42. The number of hydrogen-bond acceptors (Lipinski definition) is 1. The van der Waals surface area contributed by atoms with Gasteiger partial charge in [0.05, 0.1) is 0 Å². The lowest BCUT2D eigenvalue weighted by Crippen LogP contribution is -2.26. The van der Waals surface area contributed by atoms with Crippen molar-refractivity contribution in [2.75, 3.05) is 6.54 Å². The van der Waals surface area contributed by atoms with Crippen LogP contribution in [0.1, 0.15) is 30.7 Å². The molecular formula is C12H16BrN. The predicted molar refractivity (Wildman–Crippen MR) is 63.3 cm³/mol. The third-order valence-corrected chi connectivity index (χ3v) is 3.80. The first kappa shape index (κ1) is 10.2. The molecule has 2 N–H and O–H groups in total. The molecule has 1 nitrogen and oxygen atoms in total. The molecule has 0 amide bonds. The molecule has 0 bridgehead atoms. The first-order valence-corrected chi connectivity index (χ1v) is 6.06. The van der Waals surface area contributed by atoms with Crippen LogP contribution >= 0.6 is 15.9 Å². The van der Waals surface area contributed by atoms with E-state index < -0.39 is 0 Å². The Bertz CT molecular complexity index is 290. The number of hydrogen-bond donors (Lipinski definition) is 1. The van der Waals surface area contributed by atoms with E-state index in [4.69, 9.17) is 5.73 Å². The van der Waals surface area contributed by atoms with Gasteiger partial charge >= 0.3 is 0 Å². The predicted octanol–water partition coefficient (Wildman–Crippen LogP) is 3.29. The monoisotopic (exact) mass is 253 g/mol. The largest absolute Gasteiger partial charge is 0.330 e. The molecule has 14 heavy (non-hydrogen) atoms. The van der Waals surface area contributed by atoms with Crippen molar-refractivity contribution < 1.29 is 0 Å². The molecule has 1 atom stereocenters. The standard InChI is InChI=1S/C12H16BrN/c13-11-6-4-10(5-7-11)12(8-14)9-2-1-3-9/h4-7,9,12H,1-3,8,14H2/t12-/m1/s1. The minimum absolute atomic E-state index is 0.580. The summed E-state index contributed by atoms with van der Waals surface area (Å²) in [6.07, 6.45) is 4.10. The molecule has 0 spiro atoms. The van der Waals surface area contributed by atoms with Crippen LogP contribution in [-0.2, 0) is 0 Å². The highest BCUT2D eigenvalue weighted by molar-refractivity contribution is 9.10. The van der Waals surface area contributed by atoms with Crippen molar-refractivity contribution in [2.45, 2.75) is 25.2 Å². The van der Waals surface area contributed by atoms with Crippen LogP contribution in [0.2, 0.25) is 0 Å². The molecule has 1 aromatic rings. The quantitative estimate of drug-likeness (QED) is 0.880. The van der Waals surface area contributed by atoms with Crippen LogP contribution in [0, 0.1) is 5.92 Å². The average molecular weight is 254 g/mol. The lowest BCUT2D eigenvalue weighted by molar-refractivity contribution is 0.264. The van der Waals surface area contributed by atoms with E-state index in [9.17, 15) is 0 Å². The Morgan fingerprint density at radius 2 is 1.93 bits per heavy atom. The zero-order valence-corrected chi connectivity index (χ0v) is 9.83. The van der Waals surface area contributed by atoms with Gasteiger partial charge in [0, 0.05) is 4.47 Å². The van der Waals surface area contributed by atoms with Crippen molar-refractivity contribution in [1.82, 2.24) is 0 Å². The maximum Gasteiger partial charge on any atom is 0.0175 e. The second-order valence-electron chi connectivity index (χ2n) is 4.08. The molecule has 0 saturated heterocycles. The summed E-state index contributed by atoms with van der Waals surface area (Å²) in [4.78, 5) is 0. The fraction of sp³-hybridized carbons (Fsp3) is 0.500. The van der Waals surface area contributed by atoms with E-state index in [2.05, 4.69) is 40.2 Å². The number of benzene rings is 1. The second kappa shape index (κ2) is 4.45. The average Bonchev–Trinajstić information content (AvgIpc) is 2.13. The molecule has 0 aromatic heterocycles. The van der Waals surface area contributed by atoms with Crippen molar-refractivity contribution >= 4 is 15.9 Å². The summed E-state index contributed by atoms with van der Waals surface area (Å²) >= 11 is 3.45. The number of nitrogens with two attached hydrogens (primary N) is 1. The minimum Gasteiger partial charge on any atom is -0.330 e. The van der Waals surface area contributed by atoms with E-state index in [-0.39, 0.29) is 0 Å². The van der Waals surface area contributed by atoms with E-state index in [0.29, 0.717) is 5.92 Å². The minimum atomic E-state index is 0.580. The summed E-state index contributed by atoms with van der Waals surface area (Å²) in [6.45, 7) is 0.784. The third kappa shape index (κ3) is 2.01. The first-order chi connectivity index (χ1) is 6.81. The second-order valence-corrected chi connectivity index (χ2v) is 5.00. The molecule has 0 heterocycles. The topological polar surface area (TPSA) is 26.0 Å². The van der Waals surface area contributed by atoms with Gasteiger partial charge in [-0.15, -0.1) is 0 Å².